The summed E-state index contributed by atoms with van der Waals surface area (Å²) in [5.74, 6) is 0. The maximum absolute atomic E-state index is 8.18. The molecule has 0 saturated heterocycles. The molecule has 108 valence electrons. The third-order valence-corrected chi connectivity index (χ3v) is 4.78. The Hall–Kier alpha value is -1.08. The largest absolute Gasteiger partial charge is 0.373 e. The fourth-order valence-electron chi connectivity index (χ4n) is 4.15. The van der Waals surface area contributed by atoms with Crippen LogP contribution >= 0.6 is 0 Å². The maximum Gasteiger partial charge on any atom is 0.0881 e. The van der Waals surface area contributed by atoms with Gasteiger partial charge in [-0.15, -0.1) is 0 Å². The number of fused-ring (bicyclic) bond motifs is 2. The lowest BCUT2D eigenvalue weighted by molar-refractivity contribution is -0.00672. The van der Waals surface area contributed by atoms with E-state index in [2.05, 4.69) is 26.0 Å². The monoisotopic (exact) mass is 273 g/mol. The van der Waals surface area contributed by atoms with Crippen molar-refractivity contribution in [3.05, 3.63) is 41.0 Å². The fourth-order valence-corrected chi connectivity index (χ4v) is 4.15. The van der Waals surface area contributed by atoms with Gasteiger partial charge in [-0.05, 0) is 47.3 Å². The van der Waals surface area contributed by atoms with Crippen molar-refractivity contribution in [2.24, 2.45) is 10.8 Å². The van der Waals surface area contributed by atoms with Crippen LogP contribution in [-0.4, -0.2) is 12.7 Å². The molecule has 2 aliphatic carbocycles. The average molecular weight is 273 g/mol. The first kappa shape index (κ1) is 10.6. The number of rotatable bonds is 2. The van der Waals surface area contributed by atoms with Crippen LogP contribution in [-0.2, 0) is 11.2 Å². The lowest BCUT2D eigenvalue weighted by Gasteiger charge is -2.47. The van der Waals surface area contributed by atoms with Crippen LogP contribution in [0.5, 0.6) is 0 Å². The Bertz CT molecular complexity index is 657. The molecule has 3 rings (SSSR count). The predicted molar refractivity (Wildman–Crippen MR) is 84.7 cm³/mol. The SMILES string of the molecule is [2H]C([2H])([2H])[C@]1(C)CC(C)(C)[C@H](OCC)C2=C1Cc1ccccc12. The molecule has 2 atom stereocenters. The minimum absolute atomic E-state index is 0.0402. The molecule has 0 N–H and O–H groups in total. The minimum Gasteiger partial charge on any atom is -0.373 e. The second-order valence-electron chi connectivity index (χ2n) is 7.06. The molecule has 0 spiro atoms. The number of benzene rings is 1. The summed E-state index contributed by atoms with van der Waals surface area (Å²) in [6, 6.07) is 8.30. The molecular formula is C19H26O. The van der Waals surface area contributed by atoms with E-state index in [0.717, 1.165) is 17.6 Å². The molecule has 0 heterocycles. The lowest BCUT2D eigenvalue weighted by Crippen LogP contribution is -2.42. The summed E-state index contributed by atoms with van der Waals surface area (Å²) >= 11 is 0. The zero-order valence-corrected chi connectivity index (χ0v) is 12.9. The lowest BCUT2D eigenvalue weighted by atomic mass is 9.61. The standard InChI is InChI=1S/C19H26O/c1-6-20-17-16-14-10-8-7-9-13(14)11-15(16)18(2,3)12-19(17,4)5/h7-10,17H,6,11-12H2,1-5H3/t17-/m1/s1/i2D3/t17-,18+. The smallest absolute Gasteiger partial charge is 0.0881 e. The van der Waals surface area contributed by atoms with Gasteiger partial charge in [0.2, 0.25) is 0 Å². The molecule has 2 aliphatic rings. The van der Waals surface area contributed by atoms with Crippen LogP contribution in [0.1, 0.15) is 56.2 Å². The summed E-state index contributed by atoms with van der Waals surface area (Å²) in [7, 11) is 0. The highest BCUT2D eigenvalue weighted by atomic mass is 16.5. The van der Waals surface area contributed by atoms with Gasteiger partial charge >= 0.3 is 0 Å². The van der Waals surface area contributed by atoms with Gasteiger partial charge in [-0.3, -0.25) is 0 Å². The second kappa shape index (κ2) is 4.46. The van der Waals surface area contributed by atoms with Crippen LogP contribution in [0.3, 0.4) is 0 Å². The van der Waals surface area contributed by atoms with E-state index in [4.69, 9.17) is 8.85 Å². The summed E-state index contributed by atoms with van der Waals surface area (Å²) < 4.78 is 30.7. The van der Waals surface area contributed by atoms with Crippen LogP contribution in [0.4, 0.5) is 0 Å². The Kier molecular flexibility index (Phi) is 2.37. The van der Waals surface area contributed by atoms with E-state index in [-0.39, 0.29) is 11.5 Å². The molecule has 0 unspecified atom stereocenters. The first-order chi connectivity index (χ1) is 10.6. The third-order valence-electron chi connectivity index (χ3n) is 4.78. The molecule has 0 aliphatic heterocycles. The number of hydrogen-bond donors (Lipinski definition) is 0. The van der Waals surface area contributed by atoms with Gasteiger partial charge in [-0.2, -0.15) is 0 Å². The van der Waals surface area contributed by atoms with Gasteiger partial charge in [0.25, 0.3) is 0 Å². The van der Waals surface area contributed by atoms with E-state index >= 15 is 0 Å². The third kappa shape index (κ3) is 1.95. The van der Waals surface area contributed by atoms with E-state index in [9.17, 15) is 0 Å². The molecule has 0 bridgehead atoms. The first-order valence-corrected chi connectivity index (χ1v) is 7.55. The summed E-state index contributed by atoms with van der Waals surface area (Å²) in [6.07, 6.45) is 1.31. The van der Waals surface area contributed by atoms with Gasteiger partial charge in [0.15, 0.2) is 0 Å². The molecule has 20 heavy (non-hydrogen) atoms. The molecular weight excluding hydrogens is 244 g/mol. The normalized spacial score (nSPS) is 34.0. The van der Waals surface area contributed by atoms with Gasteiger partial charge in [-0.1, -0.05) is 57.5 Å². The summed E-state index contributed by atoms with van der Waals surface area (Å²) in [5.41, 5.74) is 3.61. The average Bonchev–Trinajstić information content (AvgIpc) is 2.82. The number of ether oxygens (including phenoxy) is 1. The quantitative estimate of drug-likeness (QED) is 0.748. The Morgan fingerprint density at radius 2 is 2.05 bits per heavy atom. The second-order valence-corrected chi connectivity index (χ2v) is 7.06. The maximum atomic E-state index is 8.18. The fraction of sp³-hybridized carbons (Fsp3) is 0.579. The van der Waals surface area contributed by atoms with Crippen LogP contribution in [0, 0.1) is 10.8 Å². The van der Waals surface area contributed by atoms with E-state index in [1.54, 1.807) is 0 Å². The Labute approximate surface area is 127 Å². The molecule has 1 aromatic carbocycles. The van der Waals surface area contributed by atoms with Crippen molar-refractivity contribution in [1.29, 1.82) is 0 Å². The first-order valence-electron chi connectivity index (χ1n) is 9.05. The van der Waals surface area contributed by atoms with E-state index in [0.29, 0.717) is 13.0 Å². The van der Waals surface area contributed by atoms with Gasteiger partial charge < -0.3 is 4.74 Å². The van der Waals surface area contributed by atoms with Crippen LogP contribution in [0.2, 0.25) is 0 Å². The van der Waals surface area contributed by atoms with Gasteiger partial charge in [0.1, 0.15) is 0 Å². The zero-order chi connectivity index (χ0) is 17.0. The molecule has 0 aromatic heterocycles. The number of hydrogen-bond acceptors (Lipinski definition) is 1. The highest BCUT2D eigenvalue weighted by Crippen LogP contribution is 2.56. The Morgan fingerprint density at radius 1 is 1.30 bits per heavy atom. The molecule has 0 saturated carbocycles. The van der Waals surface area contributed by atoms with Crippen LogP contribution in [0.25, 0.3) is 5.57 Å². The Balaban J connectivity index is 2.25. The van der Waals surface area contributed by atoms with Crippen LogP contribution < -0.4 is 0 Å². The van der Waals surface area contributed by atoms with Crippen molar-refractivity contribution in [1.82, 2.24) is 0 Å². The van der Waals surface area contributed by atoms with E-state index < -0.39 is 12.3 Å². The minimum atomic E-state index is -2.01. The van der Waals surface area contributed by atoms with E-state index in [1.807, 2.05) is 26.0 Å². The van der Waals surface area contributed by atoms with Crippen molar-refractivity contribution in [3.63, 3.8) is 0 Å². The number of allylic oxidation sites excluding steroid dienone is 1. The molecule has 0 fully saturated rings. The van der Waals surface area contributed by atoms with Crippen molar-refractivity contribution >= 4 is 5.57 Å². The topological polar surface area (TPSA) is 9.23 Å². The van der Waals surface area contributed by atoms with Gasteiger partial charge in [-0.25, -0.2) is 0 Å². The highest BCUT2D eigenvalue weighted by molar-refractivity contribution is 5.81. The van der Waals surface area contributed by atoms with Gasteiger partial charge in [0, 0.05) is 10.7 Å². The van der Waals surface area contributed by atoms with E-state index in [1.165, 1.54) is 11.1 Å². The van der Waals surface area contributed by atoms with Crippen molar-refractivity contribution in [2.45, 2.75) is 53.5 Å². The van der Waals surface area contributed by atoms with Crippen molar-refractivity contribution in [2.75, 3.05) is 6.61 Å². The zero-order valence-electron chi connectivity index (χ0n) is 15.9. The molecule has 0 radical (unpaired) electrons. The predicted octanol–water partition coefficient (Wildman–Crippen LogP) is 4.86. The highest BCUT2D eigenvalue weighted by Gasteiger charge is 2.48. The molecule has 0 amide bonds. The summed E-state index contributed by atoms with van der Waals surface area (Å²) in [4.78, 5) is 0. The Morgan fingerprint density at radius 3 is 2.75 bits per heavy atom. The van der Waals surface area contributed by atoms with Crippen molar-refractivity contribution < 1.29 is 8.85 Å². The summed E-state index contributed by atoms with van der Waals surface area (Å²) in [5, 5.41) is 0. The molecule has 1 heteroatoms. The van der Waals surface area contributed by atoms with Gasteiger partial charge in [0.05, 0.1) is 6.10 Å². The van der Waals surface area contributed by atoms with Crippen LogP contribution in [0.15, 0.2) is 29.8 Å². The van der Waals surface area contributed by atoms with Crippen molar-refractivity contribution in [3.8, 4) is 0 Å². The summed E-state index contributed by atoms with van der Waals surface area (Å²) in [6.45, 7) is 6.84. The molecule has 1 nitrogen and oxygen atoms in total. The molecule has 1 aromatic rings.